The largest absolute Gasteiger partial charge is 0.352 e. The molecule has 0 unspecified atom stereocenters. The van der Waals surface area contributed by atoms with Crippen molar-refractivity contribution in [1.82, 2.24) is 10.2 Å². The van der Waals surface area contributed by atoms with Crippen molar-refractivity contribution in [2.75, 3.05) is 13.6 Å². The zero-order chi connectivity index (χ0) is 17.5. The fourth-order valence-electron chi connectivity index (χ4n) is 2.09. The van der Waals surface area contributed by atoms with Crippen LogP contribution in [0, 0.1) is 5.82 Å². The molecule has 0 aliphatic rings. The molecule has 24 heavy (non-hydrogen) atoms. The van der Waals surface area contributed by atoms with Gasteiger partial charge < -0.3 is 10.2 Å². The van der Waals surface area contributed by atoms with Crippen LogP contribution in [0.1, 0.15) is 28.1 Å². The molecule has 2 amide bonds. The molecule has 0 radical (unpaired) electrons. The molecule has 0 fully saturated rings. The van der Waals surface area contributed by atoms with Crippen LogP contribution in [0.2, 0.25) is 0 Å². The smallest absolute Gasteiger partial charge is 0.251 e. The first-order valence-corrected chi connectivity index (χ1v) is 9.13. The molecular formula is C17H18BrFN2O2S. The van der Waals surface area contributed by atoms with E-state index in [0.29, 0.717) is 31.5 Å². The van der Waals surface area contributed by atoms with Gasteiger partial charge in [-0.25, -0.2) is 4.39 Å². The van der Waals surface area contributed by atoms with Crippen LogP contribution in [0.3, 0.4) is 0 Å². The number of halogens is 2. The van der Waals surface area contributed by atoms with Crippen LogP contribution in [0.25, 0.3) is 0 Å². The number of amides is 2. The van der Waals surface area contributed by atoms with E-state index in [2.05, 4.69) is 21.2 Å². The number of nitrogens with one attached hydrogen (secondary N) is 1. The third-order valence-corrected chi connectivity index (χ3v) is 5.08. The Labute approximate surface area is 152 Å². The minimum atomic E-state index is -0.377. The number of benzene rings is 1. The second-order valence-corrected chi connectivity index (χ2v) is 7.26. The molecule has 0 spiro atoms. The van der Waals surface area contributed by atoms with Gasteiger partial charge in [0.05, 0.1) is 6.54 Å². The second-order valence-electron chi connectivity index (χ2n) is 5.35. The minimum absolute atomic E-state index is 0.0375. The third kappa shape index (κ3) is 5.72. The topological polar surface area (TPSA) is 49.4 Å². The molecular weight excluding hydrogens is 395 g/mol. The summed E-state index contributed by atoms with van der Waals surface area (Å²) in [5.74, 6) is -0.604. The van der Waals surface area contributed by atoms with Crippen molar-refractivity contribution in [3.63, 3.8) is 0 Å². The number of hydrogen-bond acceptors (Lipinski definition) is 3. The Hall–Kier alpha value is -1.73. The van der Waals surface area contributed by atoms with Gasteiger partial charge in [0, 0.05) is 40.3 Å². The van der Waals surface area contributed by atoms with Crippen molar-refractivity contribution in [3.05, 3.63) is 56.4 Å². The van der Waals surface area contributed by atoms with Crippen LogP contribution in [-0.4, -0.2) is 30.3 Å². The van der Waals surface area contributed by atoms with Crippen LogP contribution < -0.4 is 5.32 Å². The molecule has 1 N–H and O–H groups in total. The lowest BCUT2D eigenvalue weighted by atomic mass is 10.2. The van der Waals surface area contributed by atoms with Gasteiger partial charge in [0.2, 0.25) is 5.91 Å². The van der Waals surface area contributed by atoms with E-state index in [0.717, 1.165) is 9.35 Å². The first-order chi connectivity index (χ1) is 11.5. The highest BCUT2D eigenvalue weighted by Crippen LogP contribution is 2.21. The molecule has 4 nitrogen and oxygen atoms in total. The predicted octanol–water partition coefficient (Wildman–Crippen LogP) is 3.82. The molecule has 0 saturated carbocycles. The quantitative estimate of drug-likeness (QED) is 0.702. The number of carbonyl (C=O) groups excluding carboxylic acids is 2. The maximum Gasteiger partial charge on any atom is 0.251 e. The van der Waals surface area contributed by atoms with Crippen molar-refractivity contribution in [3.8, 4) is 0 Å². The van der Waals surface area contributed by atoms with Gasteiger partial charge in [-0.2, -0.15) is 0 Å². The summed E-state index contributed by atoms with van der Waals surface area (Å²) in [6.45, 7) is 0.984. The molecule has 1 aromatic heterocycles. The van der Waals surface area contributed by atoms with Gasteiger partial charge in [-0.05, 0) is 52.7 Å². The molecule has 7 heteroatoms. The fraction of sp³-hybridized carbons (Fsp3) is 0.294. The lowest BCUT2D eigenvalue weighted by Gasteiger charge is -2.16. The van der Waals surface area contributed by atoms with Crippen molar-refractivity contribution in [2.24, 2.45) is 0 Å². The SMILES string of the molecule is CN(Cc1cc(Br)cs1)C(=O)CCCNC(=O)c1ccc(F)cc1. The zero-order valence-corrected chi connectivity index (χ0v) is 15.6. The standard InChI is InChI=1S/C17H18BrFN2O2S/c1-21(10-15-9-13(18)11-24-15)16(22)3-2-8-20-17(23)12-4-6-14(19)7-5-12/h4-7,9,11H,2-3,8,10H2,1H3,(H,20,23). The number of thiophene rings is 1. The molecule has 0 saturated heterocycles. The van der Waals surface area contributed by atoms with Crippen LogP contribution in [-0.2, 0) is 11.3 Å². The molecule has 0 aliphatic carbocycles. The predicted molar refractivity (Wildman–Crippen MR) is 96.5 cm³/mol. The maximum atomic E-state index is 12.8. The van der Waals surface area contributed by atoms with Gasteiger partial charge >= 0.3 is 0 Å². The molecule has 2 aromatic rings. The lowest BCUT2D eigenvalue weighted by Crippen LogP contribution is -2.28. The third-order valence-electron chi connectivity index (χ3n) is 3.40. The van der Waals surface area contributed by atoms with Crippen LogP contribution in [0.5, 0.6) is 0 Å². The number of carbonyl (C=O) groups is 2. The van der Waals surface area contributed by atoms with Gasteiger partial charge in [0.25, 0.3) is 5.91 Å². The number of rotatable bonds is 7. The van der Waals surface area contributed by atoms with E-state index in [9.17, 15) is 14.0 Å². The van der Waals surface area contributed by atoms with Gasteiger partial charge in [0.1, 0.15) is 5.82 Å². The monoisotopic (exact) mass is 412 g/mol. The molecule has 1 heterocycles. The summed E-state index contributed by atoms with van der Waals surface area (Å²) in [4.78, 5) is 26.7. The Morgan fingerprint density at radius 3 is 2.62 bits per heavy atom. The van der Waals surface area contributed by atoms with Crippen LogP contribution >= 0.6 is 27.3 Å². The van der Waals surface area contributed by atoms with Gasteiger partial charge in [0.15, 0.2) is 0 Å². The van der Waals surface area contributed by atoms with Crippen LogP contribution in [0.15, 0.2) is 40.2 Å². The summed E-state index contributed by atoms with van der Waals surface area (Å²) in [7, 11) is 1.77. The summed E-state index contributed by atoms with van der Waals surface area (Å²) in [6, 6.07) is 7.36. The van der Waals surface area contributed by atoms with E-state index in [1.807, 2.05) is 11.4 Å². The summed E-state index contributed by atoms with van der Waals surface area (Å²) >= 11 is 4.99. The molecule has 2 rings (SSSR count). The van der Waals surface area contributed by atoms with E-state index < -0.39 is 0 Å². The highest BCUT2D eigenvalue weighted by molar-refractivity contribution is 9.10. The van der Waals surface area contributed by atoms with E-state index in [1.54, 1.807) is 23.3 Å². The summed E-state index contributed by atoms with van der Waals surface area (Å²) in [5.41, 5.74) is 0.406. The van der Waals surface area contributed by atoms with Gasteiger partial charge in [-0.15, -0.1) is 11.3 Å². The Balaban J connectivity index is 1.68. The fourth-order valence-corrected chi connectivity index (χ4v) is 3.60. The van der Waals surface area contributed by atoms with Crippen molar-refractivity contribution in [2.45, 2.75) is 19.4 Å². The summed E-state index contributed by atoms with van der Waals surface area (Å²) in [6.07, 6.45) is 0.928. The Bertz CT molecular complexity index is 703. The minimum Gasteiger partial charge on any atom is -0.352 e. The van der Waals surface area contributed by atoms with E-state index >= 15 is 0 Å². The Kier molecular flexibility index (Phi) is 6.93. The average molecular weight is 413 g/mol. The molecule has 1 aromatic carbocycles. The highest BCUT2D eigenvalue weighted by Gasteiger charge is 2.11. The summed E-state index contributed by atoms with van der Waals surface area (Å²) < 4.78 is 13.8. The van der Waals surface area contributed by atoms with Crippen molar-refractivity contribution in [1.29, 1.82) is 0 Å². The zero-order valence-electron chi connectivity index (χ0n) is 13.2. The molecule has 128 valence electrons. The molecule has 0 atom stereocenters. The lowest BCUT2D eigenvalue weighted by molar-refractivity contribution is -0.130. The number of nitrogens with zero attached hydrogens (tertiary/aromatic N) is 1. The Morgan fingerprint density at radius 1 is 1.29 bits per heavy atom. The van der Waals surface area contributed by atoms with E-state index in [4.69, 9.17) is 0 Å². The van der Waals surface area contributed by atoms with Crippen molar-refractivity contribution >= 4 is 39.1 Å². The first-order valence-electron chi connectivity index (χ1n) is 7.46. The molecule has 0 aliphatic heterocycles. The maximum absolute atomic E-state index is 12.8. The van der Waals surface area contributed by atoms with E-state index in [1.165, 1.54) is 24.3 Å². The summed E-state index contributed by atoms with van der Waals surface area (Å²) in [5, 5.41) is 4.71. The Morgan fingerprint density at radius 2 is 2.00 bits per heavy atom. The molecule has 0 bridgehead atoms. The van der Waals surface area contributed by atoms with Gasteiger partial charge in [-0.3, -0.25) is 9.59 Å². The normalized spacial score (nSPS) is 10.5. The number of hydrogen-bond donors (Lipinski definition) is 1. The second kappa shape index (κ2) is 8.94. The highest BCUT2D eigenvalue weighted by atomic mass is 79.9. The van der Waals surface area contributed by atoms with Crippen molar-refractivity contribution < 1.29 is 14.0 Å². The van der Waals surface area contributed by atoms with E-state index in [-0.39, 0.29) is 17.6 Å². The van der Waals surface area contributed by atoms with Gasteiger partial charge in [-0.1, -0.05) is 0 Å². The van der Waals surface area contributed by atoms with Crippen LogP contribution in [0.4, 0.5) is 4.39 Å². The average Bonchev–Trinajstić information content (AvgIpc) is 2.96. The first kappa shape index (κ1) is 18.6.